The Morgan fingerprint density at radius 2 is 1.86 bits per heavy atom. The molecule has 3 aromatic rings. The number of allylic oxidation sites excluding steroid dienone is 2. The number of carbonyl (C=O) groups excluding carboxylic acids is 1. The van der Waals surface area contributed by atoms with Crippen molar-refractivity contribution in [1.29, 1.82) is 0 Å². The third kappa shape index (κ3) is 2.75. The molecule has 0 saturated heterocycles. The minimum atomic E-state index is -0.0387. The fourth-order valence-electron chi connectivity index (χ4n) is 4.51. The van der Waals surface area contributed by atoms with Crippen molar-refractivity contribution in [3.8, 4) is 0 Å². The van der Waals surface area contributed by atoms with Gasteiger partial charge < -0.3 is 5.32 Å². The highest BCUT2D eigenvalue weighted by Gasteiger charge is 2.36. The van der Waals surface area contributed by atoms with Gasteiger partial charge in [0.15, 0.2) is 5.78 Å². The second-order valence-corrected chi connectivity index (χ2v) is 8.43. The van der Waals surface area contributed by atoms with E-state index in [0.717, 1.165) is 46.4 Å². The van der Waals surface area contributed by atoms with E-state index in [0.29, 0.717) is 6.42 Å². The topological polar surface area (TPSA) is 42.0 Å². The molecule has 2 heterocycles. The average Bonchev–Trinajstić information content (AvgIpc) is 2.72. The van der Waals surface area contributed by atoms with Crippen LogP contribution in [0, 0.1) is 6.92 Å². The number of rotatable bonds is 2. The number of hydrogen-bond donors (Lipinski definition) is 1. The molecule has 0 saturated carbocycles. The number of benzene rings is 2. The van der Waals surface area contributed by atoms with Crippen molar-refractivity contribution in [2.24, 2.45) is 0 Å². The van der Waals surface area contributed by atoms with Gasteiger partial charge in [0.05, 0.1) is 5.52 Å². The summed E-state index contributed by atoms with van der Waals surface area (Å²) >= 11 is 1.74. The van der Waals surface area contributed by atoms with Crippen LogP contribution in [-0.2, 0) is 4.79 Å². The van der Waals surface area contributed by atoms with Gasteiger partial charge in [-0.25, -0.2) is 0 Å². The largest absolute Gasteiger partial charge is 0.358 e. The number of pyridine rings is 1. The van der Waals surface area contributed by atoms with Crippen LogP contribution < -0.4 is 5.32 Å². The van der Waals surface area contributed by atoms with Crippen molar-refractivity contribution in [2.45, 2.75) is 37.0 Å². The minimum Gasteiger partial charge on any atom is -0.358 e. The molecule has 1 atom stereocenters. The first-order valence-electron chi connectivity index (χ1n) is 9.73. The second-order valence-electron chi connectivity index (χ2n) is 7.55. The summed E-state index contributed by atoms with van der Waals surface area (Å²) in [6.45, 7) is 2.01. The molecule has 2 aromatic carbocycles. The van der Waals surface area contributed by atoms with Crippen molar-refractivity contribution < 1.29 is 4.79 Å². The monoisotopic (exact) mass is 386 g/mol. The maximum Gasteiger partial charge on any atom is 0.161 e. The molecule has 1 N–H and O–H groups in total. The Labute approximate surface area is 169 Å². The van der Waals surface area contributed by atoms with Gasteiger partial charge in [-0.15, -0.1) is 11.8 Å². The van der Waals surface area contributed by atoms with Crippen LogP contribution in [0.5, 0.6) is 0 Å². The Morgan fingerprint density at radius 1 is 1.04 bits per heavy atom. The fraction of sp³-hybridized carbons (Fsp3) is 0.250. The van der Waals surface area contributed by atoms with Crippen LogP contribution in [0.25, 0.3) is 10.9 Å². The number of aryl methyl sites for hydroxylation is 1. The van der Waals surface area contributed by atoms with Gasteiger partial charge in [0.2, 0.25) is 0 Å². The first-order valence-corrected chi connectivity index (χ1v) is 11.0. The quantitative estimate of drug-likeness (QED) is 0.563. The molecule has 1 aliphatic heterocycles. The maximum absolute atomic E-state index is 13.0. The zero-order valence-electron chi connectivity index (χ0n) is 16.1. The number of ketones is 1. The molecule has 0 spiro atoms. The molecule has 2 aliphatic rings. The molecule has 0 bridgehead atoms. The van der Waals surface area contributed by atoms with Gasteiger partial charge in [0.25, 0.3) is 0 Å². The van der Waals surface area contributed by atoms with Crippen LogP contribution >= 0.6 is 11.8 Å². The molecule has 0 amide bonds. The van der Waals surface area contributed by atoms with Gasteiger partial charge in [-0.3, -0.25) is 9.78 Å². The minimum absolute atomic E-state index is 0.0387. The number of Topliss-reactive ketones (excluding diaryl/α,β-unsaturated/α-hetero) is 1. The van der Waals surface area contributed by atoms with Gasteiger partial charge in [0.1, 0.15) is 0 Å². The molecule has 140 valence electrons. The number of carbonyl (C=O) groups is 1. The highest BCUT2D eigenvalue weighted by molar-refractivity contribution is 7.98. The van der Waals surface area contributed by atoms with Gasteiger partial charge in [0, 0.05) is 45.3 Å². The van der Waals surface area contributed by atoms with Crippen molar-refractivity contribution in [3.63, 3.8) is 0 Å². The number of fused-ring (bicyclic) bond motifs is 3. The summed E-state index contributed by atoms with van der Waals surface area (Å²) < 4.78 is 0. The van der Waals surface area contributed by atoms with Crippen LogP contribution in [0.1, 0.15) is 42.0 Å². The Balaban J connectivity index is 1.79. The zero-order chi connectivity index (χ0) is 19.3. The lowest BCUT2D eigenvalue weighted by Gasteiger charge is -2.35. The summed E-state index contributed by atoms with van der Waals surface area (Å²) in [5.41, 5.74) is 7.49. The summed E-state index contributed by atoms with van der Waals surface area (Å²) in [6.07, 6.45) is 4.58. The summed E-state index contributed by atoms with van der Waals surface area (Å²) in [7, 11) is 0. The third-order valence-corrected chi connectivity index (χ3v) is 6.56. The van der Waals surface area contributed by atoms with E-state index in [9.17, 15) is 4.79 Å². The van der Waals surface area contributed by atoms with E-state index < -0.39 is 0 Å². The molecular formula is C24H22N2OS. The van der Waals surface area contributed by atoms with Crippen molar-refractivity contribution in [1.82, 2.24) is 4.98 Å². The van der Waals surface area contributed by atoms with Gasteiger partial charge in [-0.2, -0.15) is 0 Å². The SMILES string of the molecule is CSc1ccc([C@@H]2C3=C(CCCC3=O)Nc3ccc4nc(C)ccc4c32)cc1. The zero-order valence-corrected chi connectivity index (χ0v) is 16.9. The fourth-order valence-corrected chi connectivity index (χ4v) is 4.92. The van der Waals surface area contributed by atoms with E-state index in [1.54, 1.807) is 11.8 Å². The molecule has 0 unspecified atom stereocenters. The predicted octanol–water partition coefficient (Wildman–Crippen LogP) is 5.83. The highest BCUT2D eigenvalue weighted by Crippen LogP contribution is 2.47. The number of aromatic nitrogens is 1. The van der Waals surface area contributed by atoms with Gasteiger partial charge >= 0.3 is 0 Å². The van der Waals surface area contributed by atoms with Crippen LogP contribution in [0.4, 0.5) is 5.69 Å². The standard InChI is InChI=1S/C24H22N2OS/c1-14-6-11-17-18(25-14)12-13-20-23(17)22(15-7-9-16(28-2)10-8-15)24-19(26-20)4-3-5-21(24)27/h6-13,22,26H,3-5H2,1-2H3/t22-/m0/s1. The summed E-state index contributed by atoms with van der Waals surface area (Å²) in [5, 5.41) is 4.71. The number of nitrogens with zero attached hydrogens (tertiary/aromatic N) is 1. The molecule has 0 fully saturated rings. The molecule has 4 heteroatoms. The Morgan fingerprint density at radius 3 is 2.64 bits per heavy atom. The lowest BCUT2D eigenvalue weighted by molar-refractivity contribution is -0.116. The Bertz CT molecular complexity index is 1130. The van der Waals surface area contributed by atoms with Crippen LogP contribution in [-0.4, -0.2) is 17.0 Å². The Hall–Kier alpha value is -2.59. The van der Waals surface area contributed by atoms with E-state index in [1.165, 1.54) is 16.0 Å². The molecule has 0 radical (unpaired) electrons. The first-order chi connectivity index (χ1) is 13.7. The molecule has 1 aliphatic carbocycles. The maximum atomic E-state index is 13.0. The number of anilines is 1. The lowest BCUT2D eigenvalue weighted by Crippen LogP contribution is -2.27. The van der Waals surface area contributed by atoms with Crippen molar-refractivity contribution >= 4 is 34.1 Å². The van der Waals surface area contributed by atoms with Crippen molar-refractivity contribution in [3.05, 3.63) is 76.6 Å². The molecule has 1 aromatic heterocycles. The Kier molecular flexibility index (Phi) is 4.24. The van der Waals surface area contributed by atoms with E-state index in [2.05, 4.69) is 60.1 Å². The van der Waals surface area contributed by atoms with Crippen LogP contribution in [0.2, 0.25) is 0 Å². The molecule has 28 heavy (non-hydrogen) atoms. The first kappa shape index (κ1) is 17.5. The summed E-state index contributed by atoms with van der Waals surface area (Å²) in [6, 6.07) is 17.1. The molecular weight excluding hydrogens is 364 g/mol. The third-order valence-electron chi connectivity index (χ3n) is 5.82. The summed E-state index contributed by atoms with van der Waals surface area (Å²) in [4.78, 5) is 19.0. The smallest absolute Gasteiger partial charge is 0.161 e. The van der Waals surface area contributed by atoms with E-state index in [4.69, 9.17) is 4.98 Å². The predicted molar refractivity (Wildman–Crippen MR) is 116 cm³/mol. The number of nitrogens with one attached hydrogen (secondary N) is 1. The van der Waals surface area contributed by atoms with E-state index in [1.807, 2.05) is 6.92 Å². The molecule has 3 nitrogen and oxygen atoms in total. The average molecular weight is 387 g/mol. The second kappa shape index (κ2) is 6.78. The normalized spacial score (nSPS) is 18.6. The van der Waals surface area contributed by atoms with Crippen LogP contribution in [0.15, 0.2) is 64.7 Å². The lowest BCUT2D eigenvalue weighted by atomic mass is 9.74. The molecule has 5 rings (SSSR count). The van der Waals surface area contributed by atoms with E-state index in [-0.39, 0.29) is 11.7 Å². The summed E-state index contributed by atoms with van der Waals surface area (Å²) in [5.74, 6) is 0.235. The van der Waals surface area contributed by atoms with Crippen molar-refractivity contribution in [2.75, 3.05) is 11.6 Å². The van der Waals surface area contributed by atoms with Gasteiger partial charge in [-0.05, 0) is 67.5 Å². The van der Waals surface area contributed by atoms with Crippen LogP contribution in [0.3, 0.4) is 0 Å². The number of thioether (sulfide) groups is 1. The number of hydrogen-bond acceptors (Lipinski definition) is 4. The van der Waals surface area contributed by atoms with E-state index >= 15 is 0 Å². The highest BCUT2D eigenvalue weighted by atomic mass is 32.2. The van der Waals surface area contributed by atoms with Gasteiger partial charge in [-0.1, -0.05) is 18.2 Å².